The van der Waals surface area contributed by atoms with Crippen molar-refractivity contribution >= 4 is 17.9 Å². The van der Waals surface area contributed by atoms with Crippen molar-refractivity contribution in [1.82, 2.24) is 10.2 Å². The highest BCUT2D eigenvalue weighted by Gasteiger charge is 2.18. The van der Waals surface area contributed by atoms with E-state index in [0.717, 1.165) is 5.56 Å². The van der Waals surface area contributed by atoms with Crippen LogP contribution in [0.15, 0.2) is 24.3 Å². The number of benzene rings is 1. The predicted molar refractivity (Wildman–Crippen MR) is 108 cm³/mol. The fourth-order valence-corrected chi connectivity index (χ4v) is 2.39. The number of nitrogens with zero attached hydrogens (tertiary/aromatic N) is 1. The molecule has 2 amide bonds. The van der Waals surface area contributed by atoms with Gasteiger partial charge in [-0.25, -0.2) is 0 Å². The van der Waals surface area contributed by atoms with Crippen LogP contribution >= 0.6 is 0 Å². The maximum absolute atomic E-state index is 12.4. The van der Waals surface area contributed by atoms with Crippen molar-refractivity contribution in [2.45, 2.75) is 53.2 Å². The second-order valence-corrected chi connectivity index (χ2v) is 7.56. The summed E-state index contributed by atoms with van der Waals surface area (Å²) < 4.78 is 11.0. The Kier molecular flexibility index (Phi) is 8.34. The Morgan fingerprint density at radius 2 is 1.89 bits per heavy atom. The lowest BCUT2D eigenvalue weighted by atomic mass is 10.1. The Morgan fingerprint density at radius 3 is 2.41 bits per heavy atom. The standard InChI is InChI=1S/C21H32N2O4/c1-8-23(14-19(24)22-21(4,5)6)20(25)12-10-16-9-11-17(27-15(2)3)18(13-16)26-7/h9-13,15H,8,14H2,1-7H3,(H,22,24)/b12-10+. The second kappa shape index (κ2) is 10.00. The van der Waals surface area contributed by atoms with Crippen molar-refractivity contribution in [3.8, 4) is 11.5 Å². The van der Waals surface area contributed by atoms with Gasteiger partial charge < -0.3 is 19.7 Å². The zero-order chi connectivity index (χ0) is 20.6. The van der Waals surface area contributed by atoms with E-state index in [4.69, 9.17) is 9.47 Å². The molecule has 0 aliphatic rings. The van der Waals surface area contributed by atoms with Crippen LogP contribution in [0.2, 0.25) is 0 Å². The molecule has 27 heavy (non-hydrogen) atoms. The molecule has 1 aromatic rings. The van der Waals surface area contributed by atoms with Crippen LogP contribution in [0, 0.1) is 0 Å². The van der Waals surface area contributed by atoms with Gasteiger partial charge in [-0.3, -0.25) is 9.59 Å². The van der Waals surface area contributed by atoms with Crippen LogP contribution in [-0.2, 0) is 9.59 Å². The number of ether oxygens (including phenoxy) is 2. The number of hydrogen-bond donors (Lipinski definition) is 1. The zero-order valence-corrected chi connectivity index (χ0v) is 17.5. The number of methoxy groups -OCH3 is 1. The van der Waals surface area contributed by atoms with Crippen LogP contribution in [0.1, 0.15) is 47.1 Å². The van der Waals surface area contributed by atoms with Crippen LogP contribution in [-0.4, -0.2) is 48.6 Å². The van der Waals surface area contributed by atoms with E-state index in [1.54, 1.807) is 13.2 Å². The lowest BCUT2D eigenvalue weighted by Crippen LogP contribution is -2.47. The summed E-state index contributed by atoms with van der Waals surface area (Å²) in [6.45, 7) is 11.9. The topological polar surface area (TPSA) is 67.9 Å². The van der Waals surface area contributed by atoms with Crippen LogP contribution in [0.4, 0.5) is 0 Å². The minimum absolute atomic E-state index is 0.0292. The first kappa shape index (κ1) is 22.5. The maximum atomic E-state index is 12.4. The predicted octanol–water partition coefficient (Wildman–Crippen LogP) is 3.26. The Balaban J connectivity index is 2.81. The molecule has 0 radical (unpaired) electrons. The van der Waals surface area contributed by atoms with Gasteiger partial charge in [-0.05, 0) is 65.3 Å². The first-order valence-corrected chi connectivity index (χ1v) is 9.18. The van der Waals surface area contributed by atoms with Crippen molar-refractivity contribution in [2.75, 3.05) is 20.2 Å². The highest BCUT2D eigenvalue weighted by atomic mass is 16.5. The zero-order valence-electron chi connectivity index (χ0n) is 17.5. The number of likely N-dealkylation sites (N-methyl/N-ethyl adjacent to an activating group) is 1. The number of amides is 2. The molecule has 6 nitrogen and oxygen atoms in total. The average Bonchev–Trinajstić information content (AvgIpc) is 2.56. The van der Waals surface area contributed by atoms with E-state index in [9.17, 15) is 9.59 Å². The molecular weight excluding hydrogens is 344 g/mol. The first-order valence-electron chi connectivity index (χ1n) is 9.18. The van der Waals surface area contributed by atoms with Gasteiger partial charge in [-0.2, -0.15) is 0 Å². The van der Waals surface area contributed by atoms with E-state index < -0.39 is 0 Å². The molecule has 0 spiro atoms. The van der Waals surface area contributed by atoms with Gasteiger partial charge in [0.25, 0.3) is 0 Å². The molecule has 1 aromatic carbocycles. The van der Waals surface area contributed by atoms with Crippen LogP contribution in [0.3, 0.4) is 0 Å². The third-order valence-electron chi connectivity index (χ3n) is 3.51. The average molecular weight is 376 g/mol. The van der Waals surface area contributed by atoms with Gasteiger partial charge in [-0.1, -0.05) is 6.07 Å². The summed E-state index contributed by atoms with van der Waals surface area (Å²) in [7, 11) is 1.58. The SMILES string of the molecule is CCN(CC(=O)NC(C)(C)C)C(=O)/C=C/c1ccc(OC(C)C)c(OC)c1. The number of carbonyl (C=O) groups excluding carboxylic acids is 2. The molecule has 0 saturated heterocycles. The second-order valence-electron chi connectivity index (χ2n) is 7.56. The van der Waals surface area contributed by atoms with Crippen LogP contribution in [0.25, 0.3) is 6.08 Å². The van der Waals surface area contributed by atoms with Crippen molar-refractivity contribution in [3.05, 3.63) is 29.8 Å². The molecule has 0 bridgehead atoms. The minimum atomic E-state index is -0.328. The van der Waals surface area contributed by atoms with Crippen LogP contribution < -0.4 is 14.8 Å². The quantitative estimate of drug-likeness (QED) is 0.707. The molecule has 0 aromatic heterocycles. The van der Waals surface area contributed by atoms with E-state index in [0.29, 0.717) is 18.0 Å². The summed E-state index contributed by atoms with van der Waals surface area (Å²) >= 11 is 0. The molecule has 0 atom stereocenters. The fourth-order valence-electron chi connectivity index (χ4n) is 2.39. The first-order chi connectivity index (χ1) is 12.6. The van der Waals surface area contributed by atoms with Gasteiger partial charge in [0.2, 0.25) is 11.8 Å². The molecule has 0 aliphatic heterocycles. The number of carbonyl (C=O) groups is 2. The van der Waals surface area contributed by atoms with Gasteiger partial charge in [0.15, 0.2) is 11.5 Å². The molecule has 0 fully saturated rings. The Bertz CT molecular complexity index is 675. The molecular formula is C21H32N2O4. The third-order valence-corrected chi connectivity index (χ3v) is 3.51. The maximum Gasteiger partial charge on any atom is 0.247 e. The summed E-state index contributed by atoms with van der Waals surface area (Å²) in [6.07, 6.45) is 3.21. The Hall–Kier alpha value is -2.50. The molecule has 0 heterocycles. The lowest BCUT2D eigenvalue weighted by molar-refractivity contribution is -0.132. The monoisotopic (exact) mass is 376 g/mol. The van der Waals surface area contributed by atoms with Crippen molar-refractivity contribution in [3.63, 3.8) is 0 Å². The minimum Gasteiger partial charge on any atom is -0.493 e. The lowest BCUT2D eigenvalue weighted by Gasteiger charge is -2.24. The Morgan fingerprint density at radius 1 is 1.22 bits per heavy atom. The molecule has 0 saturated carbocycles. The van der Waals surface area contributed by atoms with Gasteiger partial charge in [-0.15, -0.1) is 0 Å². The molecule has 1 N–H and O–H groups in total. The smallest absolute Gasteiger partial charge is 0.247 e. The van der Waals surface area contributed by atoms with Crippen molar-refractivity contribution < 1.29 is 19.1 Å². The van der Waals surface area contributed by atoms with E-state index in [1.165, 1.54) is 11.0 Å². The summed E-state index contributed by atoms with van der Waals surface area (Å²) in [4.78, 5) is 26.0. The van der Waals surface area contributed by atoms with Gasteiger partial charge in [0.05, 0.1) is 19.8 Å². The summed E-state index contributed by atoms with van der Waals surface area (Å²) in [5.74, 6) is 0.867. The molecule has 6 heteroatoms. The highest BCUT2D eigenvalue weighted by Crippen LogP contribution is 2.29. The number of rotatable bonds is 8. The normalized spacial score (nSPS) is 11.6. The third kappa shape index (κ3) is 8.15. The van der Waals surface area contributed by atoms with E-state index >= 15 is 0 Å². The number of nitrogens with one attached hydrogen (secondary N) is 1. The summed E-state index contributed by atoms with van der Waals surface area (Å²) in [5.41, 5.74) is 0.484. The van der Waals surface area contributed by atoms with Gasteiger partial charge in [0, 0.05) is 18.2 Å². The summed E-state index contributed by atoms with van der Waals surface area (Å²) in [5, 5.41) is 2.86. The van der Waals surface area contributed by atoms with Gasteiger partial charge in [0.1, 0.15) is 0 Å². The Labute approximate surface area is 162 Å². The van der Waals surface area contributed by atoms with Gasteiger partial charge >= 0.3 is 0 Å². The summed E-state index contributed by atoms with van der Waals surface area (Å²) in [6, 6.07) is 5.48. The fraction of sp³-hybridized carbons (Fsp3) is 0.524. The highest BCUT2D eigenvalue weighted by molar-refractivity contribution is 5.94. The van der Waals surface area contributed by atoms with E-state index in [-0.39, 0.29) is 30.0 Å². The number of hydrogen-bond acceptors (Lipinski definition) is 4. The molecule has 0 unspecified atom stereocenters. The van der Waals surface area contributed by atoms with Crippen molar-refractivity contribution in [1.29, 1.82) is 0 Å². The largest absolute Gasteiger partial charge is 0.493 e. The van der Waals surface area contributed by atoms with E-state index in [2.05, 4.69) is 5.32 Å². The molecule has 150 valence electrons. The molecule has 0 aliphatic carbocycles. The van der Waals surface area contributed by atoms with E-state index in [1.807, 2.05) is 59.7 Å². The van der Waals surface area contributed by atoms with Crippen molar-refractivity contribution in [2.24, 2.45) is 0 Å². The molecule has 1 rings (SSSR count). The van der Waals surface area contributed by atoms with Crippen LogP contribution in [0.5, 0.6) is 11.5 Å².